The third kappa shape index (κ3) is 5.76. The second kappa shape index (κ2) is 11.8. The lowest BCUT2D eigenvalue weighted by atomic mass is 9.85. The van der Waals surface area contributed by atoms with E-state index < -0.39 is 5.41 Å². The molecule has 0 fully saturated rings. The first kappa shape index (κ1) is 30.3. The normalized spacial score (nSPS) is 11.7. The van der Waals surface area contributed by atoms with Crippen LogP contribution in [0.25, 0.3) is 21.8 Å². The van der Waals surface area contributed by atoms with Gasteiger partial charge >= 0.3 is 5.97 Å². The SMILES string of the molecule is COC(=O)C(C)(C)Cc1c(C(C)=O)c2c(C)c(OCc3ccc4ccccc4n3)c(C)c(C)c2n1Cc1ccc(Cl)cc1. The molecule has 0 atom stereocenters. The number of aryl methyl sites for hydroxylation is 2. The summed E-state index contributed by atoms with van der Waals surface area (Å²) < 4.78 is 13.8. The molecule has 43 heavy (non-hydrogen) atoms. The van der Waals surface area contributed by atoms with Crippen LogP contribution < -0.4 is 4.74 Å². The fourth-order valence-electron chi connectivity index (χ4n) is 5.99. The molecule has 5 aromatic rings. The Labute approximate surface area is 257 Å². The van der Waals surface area contributed by atoms with E-state index in [1.165, 1.54) is 7.11 Å². The number of pyridine rings is 1. The Bertz CT molecular complexity index is 1870. The summed E-state index contributed by atoms with van der Waals surface area (Å²) in [6.07, 6.45) is 0.325. The smallest absolute Gasteiger partial charge is 0.311 e. The Morgan fingerprint density at radius 3 is 2.30 bits per heavy atom. The summed E-state index contributed by atoms with van der Waals surface area (Å²) in [5.41, 5.74) is 7.17. The Hall–Kier alpha value is -4.16. The largest absolute Gasteiger partial charge is 0.487 e. The van der Waals surface area contributed by atoms with Crippen LogP contribution in [0.4, 0.5) is 0 Å². The molecule has 7 heteroatoms. The van der Waals surface area contributed by atoms with Gasteiger partial charge in [0.15, 0.2) is 5.78 Å². The zero-order chi connectivity index (χ0) is 31.1. The first-order valence-electron chi connectivity index (χ1n) is 14.4. The molecule has 6 nitrogen and oxygen atoms in total. The van der Waals surface area contributed by atoms with Gasteiger partial charge in [-0.2, -0.15) is 0 Å². The predicted octanol–water partition coefficient (Wildman–Crippen LogP) is 8.34. The lowest BCUT2D eigenvalue weighted by Gasteiger charge is -2.23. The first-order chi connectivity index (χ1) is 20.4. The lowest BCUT2D eigenvalue weighted by molar-refractivity contribution is -0.150. The number of fused-ring (bicyclic) bond motifs is 2. The molecule has 0 radical (unpaired) electrons. The molecule has 3 aromatic carbocycles. The Balaban J connectivity index is 1.69. The molecule has 0 amide bonds. The number of ether oxygens (including phenoxy) is 2. The van der Waals surface area contributed by atoms with E-state index >= 15 is 0 Å². The van der Waals surface area contributed by atoms with Crippen molar-refractivity contribution in [3.05, 3.63) is 105 Å². The highest BCUT2D eigenvalue weighted by molar-refractivity contribution is 6.30. The molecular weight excluding hydrogens is 560 g/mol. The highest BCUT2D eigenvalue weighted by atomic mass is 35.5. The van der Waals surface area contributed by atoms with Crippen molar-refractivity contribution in [1.29, 1.82) is 0 Å². The minimum Gasteiger partial charge on any atom is -0.487 e. The van der Waals surface area contributed by atoms with E-state index in [-0.39, 0.29) is 11.8 Å². The van der Waals surface area contributed by atoms with E-state index in [0.29, 0.717) is 30.2 Å². The average Bonchev–Trinajstić information content (AvgIpc) is 3.29. The van der Waals surface area contributed by atoms with Crippen LogP contribution in [0.3, 0.4) is 0 Å². The highest BCUT2D eigenvalue weighted by Gasteiger charge is 2.35. The maximum atomic E-state index is 13.5. The number of para-hydroxylation sites is 1. The van der Waals surface area contributed by atoms with Crippen LogP contribution in [-0.4, -0.2) is 28.4 Å². The van der Waals surface area contributed by atoms with Gasteiger partial charge in [0.05, 0.1) is 29.3 Å². The van der Waals surface area contributed by atoms with Gasteiger partial charge in [0.25, 0.3) is 0 Å². The van der Waals surface area contributed by atoms with Crippen molar-refractivity contribution < 1.29 is 19.1 Å². The number of ketones is 1. The Morgan fingerprint density at radius 1 is 0.930 bits per heavy atom. The molecule has 0 saturated carbocycles. The summed E-state index contributed by atoms with van der Waals surface area (Å²) in [4.78, 5) is 31.1. The monoisotopic (exact) mass is 596 g/mol. The molecule has 5 rings (SSSR count). The average molecular weight is 597 g/mol. The number of Topliss-reactive ketones (excluding diaryl/α,β-unsaturated/α-hetero) is 1. The second-order valence-electron chi connectivity index (χ2n) is 11.9. The fraction of sp³-hybridized carbons (Fsp3) is 0.306. The van der Waals surface area contributed by atoms with E-state index in [2.05, 4.69) is 24.5 Å². The van der Waals surface area contributed by atoms with Crippen molar-refractivity contribution in [3.8, 4) is 5.75 Å². The van der Waals surface area contributed by atoms with E-state index in [9.17, 15) is 9.59 Å². The van der Waals surface area contributed by atoms with Gasteiger partial charge in [-0.15, -0.1) is 0 Å². The Morgan fingerprint density at radius 2 is 1.63 bits per heavy atom. The number of hydrogen-bond donors (Lipinski definition) is 0. The molecule has 2 heterocycles. The van der Waals surface area contributed by atoms with Crippen molar-refractivity contribution in [1.82, 2.24) is 9.55 Å². The quantitative estimate of drug-likeness (QED) is 0.126. The molecule has 0 spiro atoms. The number of methoxy groups -OCH3 is 1. The van der Waals surface area contributed by atoms with E-state index in [1.54, 1.807) is 6.92 Å². The molecule has 0 unspecified atom stereocenters. The maximum absolute atomic E-state index is 13.5. The molecule has 222 valence electrons. The van der Waals surface area contributed by atoms with Crippen molar-refractivity contribution >= 4 is 45.2 Å². The summed E-state index contributed by atoms with van der Waals surface area (Å²) in [5, 5.41) is 2.58. The van der Waals surface area contributed by atoms with Gasteiger partial charge in [0.1, 0.15) is 12.4 Å². The number of benzene rings is 3. The summed E-state index contributed by atoms with van der Waals surface area (Å²) in [5.74, 6) is 0.343. The summed E-state index contributed by atoms with van der Waals surface area (Å²) in [6.45, 7) is 12.2. The molecule has 2 aromatic heterocycles. The molecule has 0 N–H and O–H groups in total. The van der Waals surface area contributed by atoms with Gasteiger partial charge in [0.2, 0.25) is 0 Å². The number of nitrogens with zero attached hydrogens (tertiary/aromatic N) is 2. The number of rotatable bonds is 9. The van der Waals surface area contributed by atoms with Gasteiger partial charge in [-0.05, 0) is 82.5 Å². The minimum atomic E-state index is -0.858. The van der Waals surface area contributed by atoms with Crippen LogP contribution in [0.2, 0.25) is 5.02 Å². The second-order valence-corrected chi connectivity index (χ2v) is 12.3. The third-order valence-corrected chi connectivity index (χ3v) is 8.57. The minimum absolute atomic E-state index is 0.0657. The zero-order valence-corrected chi connectivity index (χ0v) is 26.6. The molecule has 0 bridgehead atoms. The topological polar surface area (TPSA) is 70.4 Å². The van der Waals surface area contributed by atoms with Gasteiger partial charge in [0, 0.05) is 45.6 Å². The maximum Gasteiger partial charge on any atom is 0.311 e. The fourth-order valence-corrected chi connectivity index (χ4v) is 6.12. The highest BCUT2D eigenvalue weighted by Crippen LogP contribution is 2.42. The van der Waals surface area contributed by atoms with Gasteiger partial charge < -0.3 is 14.0 Å². The van der Waals surface area contributed by atoms with Crippen LogP contribution in [-0.2, 0) is 29.1 Å². The van der Waals surface area contributed by atoms with Crippen LogP contribution in [0, 0.1) is 26.2 Å². The molecule has 0 aliphatic carbocycles. The number of carbonyl (C=O) groups is 2. The van der Waals surface area contributed by atoms with Crippen molar-refractivity contribution in [2.45, 2.75) is 61.1 Å². The van der Waals surface area contributed by atoms with Crippen LogP contribution in [0.5, 0.6) is 5.75 Å². The first-order valence-corrected chi connectivity index (χ1v) is 14.8. The van der Waals surface area contributed by atoms with E-state index in [0.717, 1.165) is 61.2 Å². The standard InChI is InChI=1S/C36H37ClN2O4/c1-21-22(2)34(43-20-28-17-14-26-10-8-9-11-29(26)38-28)23(3)31-32(24(4)40)30(18-36(5,6)35(41)42-7)39(33(21)31)19-25-12-15-27(37)16-13-25/h8-17H,18-20H2,1-7H3. The summed E-state index contributed by atoms with van der Waals surface area (Å²) in [6, 6.07) is 19.7. The lowest BCUT2D eigenvalue weighted by Crippen LogP contribution is -2.29. The number of halogens is 1. The van der Waals surface area contributed by atoms with Crippen molar-refractivity contribution in [2.75, 3.05) is 7.11 Å². The van der Waals surface area contributed by atoms with E-state index in [1.807, 2.05) is 75.4 Å². The zero-order valence-electron chi connectivity index (χ0n) is 25.8. The van der Waals surface area contributed by atoms with Gasteiger partial charge in [-0.25, -0.2) is 4.98 Å². The molecular formula is C36H37ClN2O4. The molecule has 0 aliphatic heterocycles. The number of carbonyl (C=O) groups excluding carboxylic acids is 2. The van der Waals surface area contributed by atoms with Crippen molar-refractivity contribution in [3.63, 3.8) is 0 Å². The predicted molar refractivity (Wildman–Crippen MR) is 172 cm³/mol. The molecule has 0 aliphatic rings. The summed E-state index contributed by atoms with van der Waals surface area (Å²) >= 11 is 6.19. The third-order valence-electron chi connectivity index (χ3n) is 8.32. The van der Waals surface area contributed by atoms with Crippen molar-refractivity contribution in [2.24, 2.45) is 5.41 Å². The number of hydrogen-bond acceptors (Lipinski definition) is 5. The Kier molecular flexibility index (Phi) is 8.35. The van der Waals surface area contributed by atoms with E-state index in [4.69, 9.17) is 26.1 Å². The number of esters is 1. The van der Waals surface area contributed by atoms with Crippen LogP contribution in [0.15, 0.2) is 60.7 Å². The van der Waals surface area contributed by atoms with Crippen LogP contribution >= 0.6 is 11.6 Å². The van der Waals surface area contributed by atoms with Crippen LogP contribution in [0.1, 0.15) is 64.8 Å². The number of aromatic nitrogens is 2. The summed E-state index contributed by atoms with van der Waals surface area (Å²) in [7, 11) is 1.39. The van der Waals surface area contributed by atoms with Gasteiger partial charge in [-0.1, -0.05) is 48.0 Å². The molecule has 0 saturated heterocycles. The van der Waals surface area contributed by atoms with Gasteiger partial charge in [-0.3, -0.25) is 9.59 Å².